The molecule has 0 unspecified atom stereocenters. The van der Waals surface area contributed by atoms with Gasteiger partial charge >= 0.3 is 0 Å². The Kier molecular flexibility index (Phi) is 5.96. The van der Waals surface area contributed by atoms with E-state index in [1.807, 2.05) is 32.0 Å². The lowest BCUT2D eigenvalue weighted by atomic mass is 10.1. The van der Waals surface area contributed by atoms with E-state index in [4.69, 9.17) is 14.2 Å². The lowest BCUT2D eigenvalue weighted by molar-refractivity contribution is -0.117. The van der Waals surface area contributed by atoms with Gasteiger partial charge in [0.05, 0.1) is 27.4 Å². The number of ether oxygens (including phenoxy) is 3. The minimum atomic E-state index is -0.302. The summed E-state index contributed by atoms with van der Waals surface area (Å²) in [6, 6.07) is 8.83. The van der Waals surface area contributed by atoms with E-state index < -0.39 is 0 Å². The smallest absolute Gasteiger partial charge is 0.251 e. The molecular formula is C22H26N2O5. The summed E-state index contributed by atoms with van der Waals surface area (Å²) in [5.74, 6) is 0.906. The highest BCUT2D eigenvalue weighted by molar-refractivity contribution is 5.99. The van der Waals surface area contributed by atoms with Crippen molar-refractivity contribution in [3.63, 3.8) is 0 Å². The van der Waals surface area contributed by atoms with E-state index in [0.717, 1.165) is 11.3 Å². The summed E-state index contributed by atoms with van der Waals surface area (Å²) in [5, 5.41) is 2.94. The van der Waals surface area contributed by atoms with Crippen LogP contribution >= 0.6 is 0 Å². The first-order valence-electron chi connectivity index (χ1n) is 9.36. The third-order valence-electron chi connectivity index (χ3n) is 5.19. The Morgan fingerprint density at radius 3 is 2.21 bits per heavy atom. The summed E-state index contributed by atoms with van der Waals surface area (Å²) in [6.45, 7) is 4.48. The molecule has 7 nitrogen and oxygen atoms in total. The monoisotopic (exact) mass is 398 g/mol. The third kappa shape index (κ3) is 4.13. The molecule has 2 amide bonds. The molecule has 154 valence electrons. The maximum atomic E-state index is 12.8. The number of anilines is 1. The van der Waals surface area contributed by atoms with Gasteiger partial charge in [-0.3, -0.25) is 9.59 Å². The van der Waals surface area contributed by atoms with E-state index >= 15 is 0 Å². The van der Waals surface area contributed by atoms with Crippen molar-refractivity contribution in [2.24, 2.45) is 0 Å². The molecule has 29 heavy (non-hydrogen) atoms. The average Bonchev–Trinajstić information content (AvgIpc) is 3.08. The van der Waals surface area contributed by atoms with E-state index in [2.05, 4.69) is 5.32 Å². The fraction of sp³-hybridized carbons (Fsp3) is 0.364. The normalized spacial score (nSPS) is 16.0. The first kappa shape index (κ1) is 20.5. The van der Waals surface area contributed by atoms with Crippen molar-refractivity contribution in [3.05, 3.63) is 47.0 Å². The van der Waals surface area contributed by atoms with Crippen LogP contribution in [0.4, 0.5) is 5.69 Å². The van der Waals surface area contributed by atoms with Crippen LogP contribution in [0.15, 0.2) is 30.3 Å². The van der Waals surface area contributed by atoms with Crippen molar-refractivity contribution in [2.45, 2.75) is 26.3 Å². The molecule has 7 heteroatoms. The molecule has 0 aliphatic carbocycles. The quantitative estimate of drug-likeness (QED) is 0.810. The van der Waals surface area contributed by atoms with E-state index in [1.54, 1.807) is 17.0 Å². The second-order valence-electron chi connectivity index (χ2n) is 7.06. The number of rotatable bonds is 6. The molecule has 0 spiro atoms. The van der Waals surface area contributed by atoms with Crippen LogP contribution in [0.2, 0.25) is 0 Å². The Balaban J connectivity index is 1.76. The van der Waals surface area contributed by atoms with Gasteiger partial charge in [0.1, 0.15) is 0 Å². The zero-order chi connectivity index (χ0) is 21.1. The minimum absolute atomic E-state index is 0.0107. The summed E-state index contributed by atoms with van der Waals surface area (Å²) in [7, 11) is 4.50. The maximum absolute atomic E-state index is 12.8. The van der Waals surface area contributed by atoms with Crippen molar-refractivity contribution in [1.82, 2.24) is 5.32 Å². The Morgan fingerprint density at radius 2 is 1.66 bits per heavy atom. The summed E-state index contributed by atoms with van der Waals surface area (Å²) >= 11 is 0. The lowest BCUT2D eigenvalue weighted by Crippen LogP contribution is -2.37. The molecule has 0 bridgehead atoms. The van der Waals surface area contributed by atoms with E-state index in [1.165, 1.54) is 26.9 Å². The van der Waals surface area contributed by atoms with Crippen LogP contribution in [0.5, 0.6) is 17.2 Å². The molecule has 1 aliphatic rings. The highest BCUT2D eigenvalue weighted by Gasteiger charge is 2.32. The van der Waals surface area contributed by atoms with Crippen molar-refractivity contribution < 1.29 is 23.8 Å². The van der Waals surface area contributed by atoms with Crippen LogP contribution in [0.25, 0.3) is 0 Å². The lowest BCUT2D eigenvalue weighted by Gasteiger charge is -2.19. The van der Waals surface area contributed by atoms with Gasteiger partial charge in [-0.15, -0.1) is 0 Å². The van der Waals surface area contributed by atoms with Gasteiger partial charge < -0.3 is 24.4 Å². The molecule has 1 atom stereocenters. The van der Waals surface area contributed by atoms with Crippen LogP contribution in [0, 0.1) is 13.8 Å². The highest BCUT2D eigenvalue weighted by Crippen LogP contribution is 2.38. The standard InChI is InChI=1S/C22H26N2O5/c1-13-6-7-17(8-14(13)2)24-12-16(11-20(24)25)23-22(26)15-9-18(27-3)21(29-5)19(10-15)28-4/h6-10,16H,11-12H2,1-5H3,(H,23,26)/t16-/m0/s1. The number of amides is 2. The van der Waals surface area contributed by atoms with Gasteiger partial charge in [-0.25, -0.2) is 0 Å². The van der Waals surface area contributed by atoms with Gasteiger partial charge in [-0.1, -0.05) is 6.07 Å². The number of benzene rings is 2. The summed E-state index contributed by atoms with van der Waals surface area (Å²) < 4.78 is 15.9. The van der Waals surface area contributed by atoms with Gasteiger partial charge in [0.15, 0.2) is 11.5 Å². The first-order valence-corrected chi connectivity index (χ1v) is 9.36. The van der Waals surface area contributed by atoms with Crippen molar-refractivity contribution in [2.75, 3.05) is 32.8 Å². The van der Waals surface area contributed by atoms with Crippen LogP contribution < -0.4 is 24.4 Å². The molecule has 0 aromatic heterocycles. The Labute approximate surface area is 170 Å². The second-order valence-corrected chi connectivity index (χ2v) is 7.06. The number of hydrogen-bond acceptors (Lipinski definition) is 5. The number of nitrogens with zero attached hydrogens (tertiary/aromatic N) is 1. The maximum Gasteiger partial charge on any atom is 0.251 e. The zero-order valence-electron chi connectivity index (χ0n) is 17.4. The Morgan fingerprint density at radius 1 is 1.00 bits per heavy atom. The van der Waals surface area contributed by atoms with Crippen LogP contribution in [0.1, 0.15) is 27.9 Å². The van der Waals surface area contributed by atoms with Crippen molar-refractivity contribution in [3.8, 4) is 17.2 Å². The second kappa shape index (κ2) is 8.43. The van der Waals surface area contributed by atoms with Crippen molar-refractivity contribution >= 4 is 17.5 Å². The molecule has 2 aromatic rings. The number of methoxy groups -OCH3 is 3. The van der Waals surface area contributed by atoms with Gasteiger partial charge in [-0.2, -0.15) is 0 Å². The SMILES string of the molecule is COc1cc(C(=O)N[C@H]2CC(=O)N(c3ccc(C)c(C)c3)C2)cc(OC)c1OC. The van der Waals surface area contributed by atoms with E-state index in [9.17, 15) is 9.59 Å². The Hall–Kier alpha value is -3.22. The summed E-state index contributed by atoms with van der Waals surface area (Å²) in [4.78, 5) is 27.0. The zero-order valence-corrected chi connectivity index (χ0v) is 17.4. The molecule has 1 fully saturated rings. The van der Waals surface area contributed by atoms with E-state index in [-0.39, 0.29) is 24.3 Å². The number of nitrogens with one attached hydrogen (secondary N) is 1. The van der Waals surface area contributed by atoms with Gasteiger partial charge in [0, 0.05) is 24.2 Å². The molecule has 1 saturated heterocycles. The first-order chi connectivity index (χ1) is 13.9. The summed E-state index contributed by atoms with van der Waals surface area (Å²) in [5.41, 5.74) is 3.52. The largest absolute Gasteiger partial charge is 0.493 e. The van der Waals surface area contributed by atoms with Crippen LogP contribution in [-0.4, -0.2) is 45.7 Å². The van der Waals surface area contributed by atoms with Crippen LogP contribution in [0.3, 0.4) is 0 Å². The van der Waals surface area contributed by atoms with Crippen LogP contribution in [-0.2, 0) is 4.79 Å². The highest BCUT2D eigenvalue weighted by atomic mass is 16.5. The molecule has 1 aliphatic heterocycles. The van der Waals surface area contributed by atoms with Gasteiger partial charge in [-0.05, 0) is 49.2 Å². The third-order valence-corrected chi connectivity index (χ3v) is 5.19. The molecule has 0 saturated carbocycles. The average molecular weight is 398 g/mol. The number of hydrogen-bond donors (Lipinski definition) is 1. The fourth-order valence-electron chi connectivity index (χ4n) is 3.43. The van der Waals surface area contributed by atoms with Crippen molar-refractivity contribution in [1.29, 1.82) is 0 Å². The Bertz CT molecular complexity index is 916. The number of carbonyl (C=O) groups excluding carboxylic acids is 2. The molecule has 3 rings (SSSR count). The fourth-order valence-corrected chi connectivity index (χ4v) is 3.43. The predicted octanol–water partition coefficient (Wildman–Crippen LogP) is 2.86. The molecular weight excluding hydrogens is 372 g/mol. The van der Waals surface area contributed by atoms with E-state index in [0.29, 0.717) is 29.4 Å². The van der Waals surface area contributed by atoms with Gasteiger partial charge in [0.2, 0.25) is 11.7 Å². The molecule has 1 heterocycles. The topological polar surface area (TPSA) is 77.1 Å². The molecule has 0 radical (unpaired) electrons. The number of aryl methyl sites for hydroxylation is 2. The molecule has 2 aromatic carbocycles. The number of carbonyl (C=O) groups is 2. The van der Waals surface area contributed by atoms with Gasteiger partial charge in [0.25, 0.3) is 5.91 Å². The minimum Gasteiger partial charge on any atom is -0.493 e. The molecule has 1 N–H and O–H groups in total. The summed E-state index contributed by atoms with van der Waals surface area (Å²) in [6.07, 6.45) is 0.253. The predicted molar refractivity (Wildman–Crippen MR) is 110 cm³/mol.